The standard InChI is InChI=1S/C25H32ClN3OS/c26-21-7-12-25-24(18-21)20(19-27-25)6-4-13-28-31-23-10-8-22(9-11-23)30-17-5-16-29-14-2-1-3-15-29/h7-12,18-19,27-28H,1-6,13-17H2. The van der Waals surface area contributed by atoms with E-state index in [9.17, 15) is 0 Å². The fourth-order valence-corrected chi connectivity index (χ4v) is 4.97. The molecule has 6 heteroatoms. The van der Waals surface area contributed by atoms with Crippen LogP contribution in [0.5, 0.6) is 5.75 Å². The summed E-state index contributed by atoms with van der Waals surface area (Å²) in [6.07, 6.45) is 9.40. The number of nitrogens with zero attached hydrogens (tertiary/aromatic N) is 1. The van der Waals surface area contributed by atoms with Gasteiger partial charge in [-0.2, -0.15) is 0 Å². The van der Waals surface area contributed by atoms with E-state index in [0.717, 1.165) is 55.2 Å². The van der Waals surface area contributed by atoms with E-state index in [1.54, 1.807) is 11.9 Å². The van der Waals surface area contributed by atoms with E-state index in [0.29, 0.717) is 0 Å². The summed E-state index contributed by atoms with van der Waals surface area (Å²) in [7, 11) is 0. The number of ether oxygens (including phenoxy) is 1. The van der Waals surface area contributed by atoms with E-state index in [1.807, 2.05) is 18.2 Å². The molecule has 31 heavy (non-hydrogen) atoms. The van der Waals surface area contributed by atoms with Crippen molar-refractivity contribution in [3.8, 4) is 5.75 Å². The lowest BCUT2D eigenvalue weighted by Crippen LogP contribution is -2.31. The molecule has 166 valence electrons. The number of H-pyrrole nitrogens is 1. The van der Waals surface area contributed by atoms with Gasteiger partial charge in [0.25, 0.3) is 0 Å². The van der Waals surface area contributed by atoms with Crippen LogP contribution in [-0.4, -0.2) is 42.7 Å². The Morgan fingerprint density at radius 1 is 1.03 bits per heavy atom. The number of likely N-dealkylation sites (tertiary alicyclic amines) is 1. The molecule has 4 nitrogen and oxygen atoms in total. The second-order valence-corrected chi connectivity index (χ2v) is 9.58. The average molecular weight is 458 g/mol. The largest absolute Gasteiger partial charge is 0.494 e. The SMILES string of the molecule is Clc1ccc2[nH]cc(CCCNSc3ccc(OCCCN4CCCCC4)cc3)c2c1. The second-order valence-electron chi connectivity index (χ2n) is 8.18. The minimum atomic E-state index is 0.788. The van der Waals surface area contributed by atoms with Crippen molar-refractivity contribution in [1.29, 1.82) is 0 Å². The maximum absolute atomic E-state index is 6.14. The predicted molar refractivity (Wildman–Crippen MR) is 132 cm³/mol. The zero-order valence-corrected chi connectivity index (χ0v) is 19.6. The van der Waals surface area contributed by atoms with E-state index < -0.39 is 0 Å². The Kier molecular flexibility index (Phi) is 8.59. The topological polar surface area (TPSA) is 40.3 Å². The van der Waals surface area contributed by atoms with Gasteiger partial charge in [-0.05, 0) is 105 Å². The predicted octanol–water partition coefficient (Wildman–Crippen LogP) is 6.31. The molecule has 0 saturated carbocycles. The van der Waals surface area contributed by atoms with Gasteiger partial charge in [-0.25, -0.2) is 0 Å². The molecule has 0 atom stereocenters. The fraction of sp³-hybridized carbons (Fsp3) is 0.440. The monoisotopic (exact) mass is 457 g/mol. The quantitative estimate of drug-likeness (QED) is 0.261. The molecule has 0 aliphatic carbocycles. The first-order chi connectivity index (χ1) is 15.3. The van der Waals surface area contributed by atoms with Gasteiger partial charge in [-0.3, -0.25) is 4.72 Å². The summed E-state index contributed by atoms with van der Waals surface area (Å²) in [5.41, 5.74) is 2.47. The third kappa shape index (κ3) is 6.91. The normalized spacial score (nSPS) is 14.9. The highest BCUT2D eigenvalue weighted by Crippen LogP contribution is 2.24. The summed E-state index contributed by atoms with van der Waals surface area (Å²) in [5, 5.41) is 2.02. The molecule has 1 saturated heterocycles. The minimum Gasteiger partial charge on any atom is -0.494 e. The van der Waals surface area contributed by atoms with E-state index in [-0.39, 0.29) is 0 Å². The number of rotatable bonds is 11. The smallest absolute Gasteiger partial charge is 0.119 e. The third-order valence-corrected chi connectivity index (χ3v) is 6.90. The summed E-state index contributed by atoms with van der Waals surface area (Å²) in [6, 6.07) is 14.4. The van der Waals surface area contributed by atoms with Crippen LogP contribution in [0, 0.1) is 0 Å². The van der Waals surface area contributed by atoms with Crippen LogP contribution in [0.4, 0.5) is 0 Å². The summed E-state index contributed by atoms with van der Waals surface area (Å²) in [5.74, 6) is 0.959. The van der Waals surface area contributed by atoms with Crippen molar-refractivity contribution in [3.63, 3.8) is 0 Å². The van der Waals surface area contributed by atoms with Crippen molar-refractivity contribution < 1.29 is 4.74 Å². The number of fused-ring (bicyclic) bond motifs is 1. The molecular formula is C25H32ClN3OS. The Morgan fingerprint density at radius 3 is 2.71 bits per heavy atom. The van der Waals surface area contributed by atoms with Crippen molar-refractivity contribution in [1.82, 2.24) is 14.6 Å². The van der Waals surface area contributed by atoms with Gasteiger partial charge < -0.3 is 14.6 Å². The molecule has 1 fully saturated rings. The molecule has 4 rings (SSSR count). The second kappa shape index (κ2) is 11.8. The number of aromatic nitrogens is 1. The first kappa shape index (κ1) is 22.5. The highest BCUT2D eigenvalue weighted by Gasteiger charge is 2.09. The zero-order chi connectivity index (χ0) is 21.3. The van der Waals surface area contributed by atoms with E-state index >= 15 is 0 Å². The highest BCUT2D eigenvalue weighted by molar-refractivity contribution is 7.97. The van der Waals surface area contributed by atoms with Crippen LogP contribution in [0.15, 0.2) is 53.6 Å². The molecule has 1 aromatic heterocycles. The molecule has 3 aromatic rings. The van der Waals surface area contributed by atoms with Gasteiger partial charge in [-0.15, -0.1) is 0 Å². The van der Waals surface area contributed by atoms with Crippen molar-refractivity contribution in [2.24, 2.45) is 0 Å². The Labute approximate surface area is 194 Å². The van der Waals surface area contributed by atoms with Crippen molar-refractivity contribution in [2.75, 3.05) is 32.8 Å². The van der Waals surface area contributed by atoms with Gasteiger partial charge >= 0.3 is 0 Å². The number of nitrogens with one attached hydrogen (secondary N) is 2. The molecule has 2 N–H and O–H groups in total. The molecule has 0 bridgehead atoms. The van der Waals surface area contributed by atoms with Crippen LogP contribution >= 0.6 is 23.5 Å². The van der Waals surface area contributed by atoms with Crippen molar-refractivity contribution >= 4 is 34.5 Å². The van der Waals surface area contributed by atoms with E-state index in [1.165, 1.54) is 48.2 Å². The summed E-state index contributed by atoms with van der Waals surface area (Å²) >= 11 is 7.82. The van der Waals surface area contributed by atoms with Crippen LogP contribution in [0.3, 0.4) is 0 Å². The number of hydrogen-bond acceptors (Lipinski definition) is 4. The lowest BCUT2D eigenvalue weighted by molar-refractivity contribution is 0.205. The summed E-state index contributed by atoms with van der Waals surface area (Å²) in [6.45, 7) is 5.42. The number of hydrogen-bond donors (Lipinski definition) is 2. The number of halogens is 1. The van der Waals surface area contributed by atoms with Gasteiger partial charge in [0.2, 0.25) is 0 Å². The highest BCUT2D eigenvalue weighted by atomic mass is 35.5. The maximum atomic E-state index is 6.14. The van der Waals surface area contributed by atoms with Crippen LogP contribution in [0.2, 0.25) is 5.02 Å². The van der Waals surface area contributed by atoms with Gasteiger partial charge in [0.05, 0.1) is 6.61 Å². The van der Waals surface area contributed by atoms with Gasteiger partial charge in [0, 0.05) is 40.1 Å². The number of aromatic amines is 1. The number of aryl methyl sites for hydroxylation is 1. The molecule has 1 aliphatic heterocycles. The van der Waals surface area contributed by atoms with E-state index in [2.05, 4.69) is 45.1 Å². The van der Waals surface area contributed by atoms with Crippen LogP contribution in [0.1, 0.15) is 37.7 Å². The molecular weight excluding hydrogens is 426 g/mol. The average Bonchev–Trinajstić information content (AvgIpc) is 3.20. The number of benzene rings is 2. The van der Waals surface area contributed by atoms with Crippen molar-refractivity contribution in [2.45, 2.75) is 43.4 Å². The van der Waals surface area contributed by atoms with Crippen LogP contribution < -0.4 is 9.46 Å². The Morgan fingerprint density at radius 2 is 1.87 bits per heavy atom. The summed E-state index contributed by atoms with van der Waals surface area (Å²) in [4.78, 5) is 7.09. The first-order valence-corrected chi connectivity index (χ1v) is 12.6. The van der Waals surface area contributed by atoms with Gasteiger partial charge in [-0.1, -0.05) is 18.0 Å². The first-order valence-electron chi connectivity index (χ1n) is 11.4. The Balaban J connectivity index is 1.11. The molecule has 0 unspecified atom stereocenters. The molecule has 0 spiro atoms. The molecule has 0 amide bonds. The van der Waals surface area contributed by atoms with Crippen LogP contribution in [-0.2, 0) is 6.42 Å². The fourth-order valence-electron chi connectivity index (χ4n) is 4.11. The zero-order valence-electron chi connectivity index (χ0n) is 18.0. The third-order valence-electron chi connectivity index (χ3n) is 5.80. The van der Waals surface area contributed by atoms with Crippen LogP contribution in [0.25, 0.3) is 10.9 Å². The van der Waals surface area contributed by atoms with E-state index in [4.69, 9.17) is 16.3 Å². The molecule has 1 aliphatic rings. The minimum absolute atomic E-state index is 0.788. The molecule has 2 aromatic carbocycles. The van der Waals surface area contributed by atoms with Gasteiger partial charge in [0.1, 0.15) is 5.75 Å². The number of piperidine rings is 1. The lowest BCUT2D eigenvalue weighted by Gasteiger charge is -2.26. The maximum Gasteiger partial charge on any atom is 0.119 e. The Bertz CT molecular complexity index is 938. The summed E-state index contributed by atoms with van der Waals surface area (Å²) < 4.78 is 9.38. The van der Waals surface area contributed by atoms with Gasteiger partial charge in [0.15, 0.2) is 0 Å². The molecule has 0 radical (unpaired) electrons. The lowest BCUT2D eigenvalue weighted by atomic mass is 10.1. The van der Waals surface area contributed by atoms with Crippen molar-refractivity contribution in [3.05, 3.63) is 59.2 Å². The Hall–Kier alpha value is -1.66. The molecule has 2 heterocycles.